The average Bonchev–Trinajstić information content (AvgIpc) is 2.80. The van der Waals surface area contributed by atoms with Gasteiger partial charge in [0.15, 0.2) is 11.5 Å². The third-order valence-electron chi connectivity index (χ3n) is 2.99. The number of thiazole rings is 1. The minimum atomic E-state index is 0.599. The van der Waals surface area contributed by atoms with E-state index in [0.717, 1.165) is 34.2 Å². The molecule has 4 nitrogen and oxygen atoms in total. The van der Waals surface area contributed by atoms with Gasteiger partial charge in [0.25, 0.3) is 0 Å². The van der Waals surface area contributed by atoms with Gasteiger partial charge in [0.1, 0.15) is 13.2 Å². The van der Waals surface area contributed by atoms with Crippen LogP contribution in [0.5, 0.6) is 11.5 Å². The largest absolute Gasteiger partial charge is 0.486 e. The lowest BCUT2D eigenvalue weighted by Crippen LogP contribution is -2.15. The molecule has 0 radical (unpaired) electrons. The molecule has 2 heterocycles. The highest BCUT2D eigenvalue weighted by Crippen LogP contribution is 2.36. The zero-order valence-corrected chi connectivity index (χ0v) is 11.6. The molecule has 0 aliphatic carbocycles. The summed E-state index contributed by atoms with van der Waals surface area (Å²) < 4.78 is 11.2. The molecule has 1 aliphatic rings. The molecule has 0 unspecified atom stereocenters. The summed E-state index contributed by atoms with van der Waals surface area (Å²) in [6.07, 6.45) is 0.856. The third kappa shape index (κ3) is 2.43. The number of nitrogens with zero attached hydrogens (tertiary/aromatic N) is 1. The van der Waals surface area contributed by atoms with Crippen LogP contribution in [-0.2, 0) is 6.42 Å². The minimum absolute atomic E-state index is 0.599. The smallest absolute Gasteiger partial charge is 0.162 e. The second-order valence-corrected chi connectivity index (χ2v) is 5.69. The van der Waals surface area contributed by atoms with Crippen molar-refractivity contribution in [3.05, 3.63) is 28.1 Å². The van der Waals surface area contributed by atoms with E-state index in [1.807, 2.05) is 25.1 Å². The first-order valence-corrected chi connectivity index (χ1v) is 7.16. The number of aromatic nitrogens is 1. The number of fused-ring (bicyclic) bond motifs is 1. The van der Waals surface area contributed by atoms with Crippen LogP contribution >= 0.6 is 11.3 Å². The Hall–Kier alpha value is -1.59. The fourth-order valence-electron chi connectivity index (χ4n) is 2.19. The Morgan fingerprint density at radius 1 is 1.26 bits per heavy atom. The summed E-state index contributed by atoms with van der Waals surface area (Å²) in [6, 6.07) is 5.98. The maximum atomic E-state index is 5.66. The fraction of sp³-hybridized carbons (Fsp3) is 0.357. The van der Waals surface area contributed by atoms with E-state index in [1.165, 1.54) is 4.88 Å². The van der Waals surface area contributed by atoms with Gasteiger partial charge < -0.3 is 15.2 Å². The Bertz CT molecular complexity index is 595. The standard InChI is InChI=1S/C14H16N2O2S/c1-9-16-14(13(19-9)4-5-15)10-2-3-11-12(8-10)18-7-6-17-11/h2-3,8H,4-7,15H2,1H3. The second kappa shape index (κ2) is 5.19. The van der Waals surface area contributed by atoms with Crippen molar-refractivity contribution in [2.24, 2.45) is 5.73 Å². The summed E-state index contributed by atoms with van der Waals surface area (Å²) in [5, 5.41) is 1.06. The van der Waals surface area contributed by atoms with Gasteiger partial charge in [-0.3, -0.25) is 0 Å². The third-order valence-corrected chi connectivity index (χ3v) is 4.02. The molecule has 2 N–H and O–H groups in total. The molecule has 2 aromatic rings. The van der Waals surface area contributed by atoms with Gasteiger partial charge in [0, 0.05) is 10.4 Å². The van der Waals surface area contributed by atoms with Crippen molar-refractivity contribution in [1.29, 1.82) is 0 Å². The molecule has 1 aliphatic heterocycles. The van der Waals surface area contributed by atoms with Crippen LogP contribution in [0.25, 0.3) is 11.3 Å². The first-order valence-electron chi connectivity index (χ1n) is 6.34. The Balaban J connectivity index is 2.01. The zero-order valence-electron chi connectivity index (χ0n) is 10.8. The van der Waals surface area contributed by atoms with Crippen molar-refractivity contribution < 1.29 is 9.47 Å². The normalized spacial score (nSPS) is 13.6. The van der Waals surface area contributed by atoms with Gasteiger partial charge in [-0.05, 0) is 38.1 Å². The topological polar surface area (TPSA) is 57.4 Å². The highest BCUT2D eigenvalue weighted by Gasteiger charge is 2.16. The van der Waals surface area contributed by atoms with Gasteiger partial charge in [0.05, 0.1) is 10.7 Å². The maximum absolute atomic E-state index is 5.66. The monoisotopic (exact) mass is 276 g/mol. The first kappa shape index (κ1) is 12.4. The van der Waals surface area contributed by atoms with E-state index in [1.54, 1.807) is 11.3 Å². The van der Waals surface area contributed by atoms with Gasteiger partial charge >= 0.3 is 0 Å². The SMILES string of the molecule is Cc1nc(-c2ccc3c(c2)OCCO3)c(CCN)s1. The van der Waals surface area contributed by atoms with Gasteiger partial charge in [-0.2, -0.15) is 0 Å². The lowest BCUT2D eigenvalue weighted by Gasteiger charge is -2.18. The molecule has 0 atom stereocenters. The van der Waals surface area contributed by atoms with Crippen molar-refractivity contribution in [1.82, 2.24) is 4.98 Å². The van der Waals surface area contributed by atoms with Crippen LogP contribution in [0.4, 0.5) is 0 Å². The van der Waals surface area contributed by atoms with Gasteiger partial charge in [-0.1, -0.05) is 0 Å². The van der Waals surface area contributed by atoms with E-state index in [2.05, 4.69) is 4.98 Å². The quantitative estimate of drug-likeness (QED) is 0.935. The van der Waals surface area contributed by atoms with Gasteiger partial charge in [-0.25, -0.2) is 4.98 Å². The van der Waals surface area contributed by atoms with E-state index in [0.29, 0.717) is 19.8 Å². The van der Waals surface area contributed by atoms with Crippen molar-refractivity contribution in [3.63, 3.8) is 0 Å². The molecule has 0 fully saturated rings. The number of nitrogens with two attached hydrogens (primary N) is 1. The summed E-state index contributed by atoms with van der Waals surface area (Å²) >= 11 is 1.71. The van der Waals surface area contributed by atoms with Crippen molar-refractivity contribution in [2.75, 3.05) is 19.8 Å². The van der Waals surface area contributed by atoms with E-state index in [4.69, 9.17) is 15.2 Å². The molecule has 19 heavy (non-hydrogen) atoms. The summed E-state index contributed by atoms with van der Waals surface area (Å²) in [5.74, 6) is 1.61. The van der Waals surface area contributed by atoms with E-state index in [-0.39, 0.29) is 0 Å². The molecule has 1 aromatic heterocycles. The summed E-state index contributed by atoms with van der Waals surface area (Å²) in [6.45, 7) is 3.87. The molecule has 0 bridgehead atoms. The highest BCUT2D eigenvalue weighted by molar-refractivity contribution is 7.12. The Labute approximate surface area is 116 Å². The Morgan fingerprint density at radius 3 is 2.84 bits per heavy atom. The van der Waals surface area contributed by atoms with Crippen LogP contribution in [0.3, 0.4) is 0 Å². The number of benzene rings is 1. The number of aryl methyl sites for hydroxylation is 1. The van der Waals surface area contributed by atoms with E-state index >= 15 is 0 Å². The molecule has 0 saturated carbocycles. The summed E-state index contributed by atoms with van der Waals surface area (Å²) in [7, 11) is 0. The number of hydrogen-bond acceptors (Lipinski definition) is 5. The number of hydrogen-bond donors (Lipinski definition) is 1. The molecule has 5 heteroatoms. The first-order chi connectivity index (χ1) is 9.28. The van der Waals surface area contributed by atoms with Crippen LogP contribution in [0.15, 0.2) is 18.2 Å². The lowest BCUT2D eigenvalue weighted by molar-refractivity contribution is 0.171. The summed E-state index contributed by atoms with van der Waals surface area (Å²) in [5.41, 5.74) is 7.75. The Morgan fingerprint density at radius 2 is 2.05 bits per heavy atom. The van der Waals surface area contributed by atoms with Gasteiger partial charge in [0.2, 0.25) is 0 Å². The molecule has 1 aromatic carbocycles. The average molecular weight is 276 g/mol. The van der Waals surface area contributed by atoms with Crippen LogP contribution in [0, 0.1) is 6.92 Å². The van der Waals surface area contributed by atoms with Crippen molar-refractivity contribution >= 4 is 11.3 Å². The molecule has 0 saturated heterocycles. The fourth-order valence-corrected chi connectivity index (χ4v) is 3.16. The van der Waals surface area contributed by atoms with Crippen LogP contribution in [0.1, 0.15) is 9.88 Å². The molecule has 0 spiro atoms. The van der Waals surface area contributed by atoms with Crippen molar-refractivity contribution in [2.45, 2.75) is 13.3 Å². The van der Waals surface area contributed by atoms with E-state index in [9.17, 15) is 0 Å². The minimum Gasteiger partial charge on any atom is -0.486 e. The number of rotatable bonds is 3. The number of ether oxygens (including phenoxy) is 2. The zero-order chi connectivity index (χ0) is 13.2. The molecule has 100 valence electrons. The molecule has 3 rings (SSSR count). The lowest BCUT2D eigenvalue weighted by atomic mass is 10.1. The van der Waals surface area contributed by atoms with Crippen LogP contribution in [-0.4, -0.2) is 24.7 Å². The molecule has 0 amide bonds. The highest BCUT2D eigenvalue weighted by atomic mass is 32.1. The maximum Gasteiger partial charge on any atom is 0.162 e. The second-order valence-electron chi connectivity index (χ2n) is 4.40. The van der Waals surface area contributed by atoms with Crippen molar-refractivity contribution in [3.8, 4) is 22.8 Å². The predicted molar refractivity (Wildman–Crippen MR) is 76.0 cm³/mol. The van der Waals surface area contributed by atoms with E-state index < -0.39 is 0 Å². The van der Waals surface area contributed by atoms with Crippen LogP contribution < -0.4 is 15.2 Å². The molecular weight excluding hydrogens is 260 g/mol. The molecular formula is C14H16N2O2S. The van der Waals surface area contributed by atoms with Gasteiger partial charge in [-0.15, -0.1) is 11.3 Å². The summed E-state index contributed by atoms with van der Waals surface area (Å²) in [4.78, 5) is 5.85. The Kier molecular flexibility index (Phi) is 3.40. The van der Waals surface area contributed by atoms with Crippen LogP contribution in [0.2, 0.25) is 0 Å². The predicted octanol–water partition coefficient (Wildman–Crippen LogP) is 2.39.